The van der Waals surface area contributed by atoms with E-state index in [2.05, 4.69) is 33.8 Å². The highest BCUT2D eigenvalue weighted by atomic mass is 19.4. The van der Waals surface area contributed by atoms with Gasteiger partial charge in [0.25, 0.3) is 0 Å². The van der Waals surface area contributed by atoms with Gasteiger partial charge in [-0.15, -0.1) is 0 Å². The molecule has 0 aromatic heterocycles. The molecule has 2 fully saturated rings. The van der Waals surface area contributed by atoms with Gasteiger partial charge in [-0.2, -0.15) is 13.2 Å². The highest BCUT2D eigenvalue weighted by Gasteiger charge is 2.54. The molecule has 206 valence electrons. The van der Waals surface area contributed by atoms with Crippen LogP contribution in [0.4, 0.5) is 13.2 Å². The van der Waals surface area contributed by atoms with Crippen molar-refractivity contribution in [2.24, 2.45) is 40.9 Å². The Bertz CT molecular complexity index is 937. The fourth-order valence-corrected chi connectivity index (χ4v) is 8.12. The number of rotatable bonds is 9. The topological polar surface area (TPSA) is 26.3 Å². The van der Waals surface area contributed by atoms with Gasteiger partial charge in [-0.3, -0.25) is 0 Å². The van der Waals surface area contributed by atoms with Crippen molar-refractivity contribution in [1.29, 1.82) is 0 Å². The van der Waals surface area contributed by atoms with Crippen LogP contribution in [0.2, 0.25) is 0 Å². The molecule has 0 saturated heterocycles. The van der Waals surface area contributed by atoms with Crippen molar-refractivity contribution in [3.63, 3.8) is 0 Å². The molecular weight excluding hydrogens is 473 g/mol. The summed E-state index contributed by atoms with van der Waals surface area (Å²) >= 11 is 0. The second-order valence-electron chi connectivity index (χ2n) is 12.8. The van der Waals surface area contributed by atoms with Crippen LogP contribution in [-0.2, 0) is 4.74 Å². The average molecular weight is 519 g/mol. The molecule has 3 aliphatic carbocycles. The lowest BCUT2D eigenvalue weighted by atomic mass is 9.54. The van der Waals surface area contributed by atoms with E-state index in [0.717, 1.165) is 37.7 Å². The second kappa shape index (κ2) is 11.5. The zero-order chi connectivity index (χ0) is 26.8. The average Bonchev–Trinajstić information content (AvgIpc) is 3.22. The maximum atomic E-state index is 12.7. The van der Waals surface area contributed by atoms with E-state index in [1.165, 1.54) is 19.3 Å². The zero-order valence-corrected chi connectivity index (χ0v) is 23.0. The van der Waals surface area contributed by atoms with E-state index >= 15 is 0 Å². The molecule has 0 N–H and O–H groups in total. The summed E-state index contributed by atoms with van der Waals surface area (Å²) in [7, 11) is 0. The second-order valence-corrected chi connectivity index (χ2v) is 12.8. The molecule has 5 heteroatoms. The number of hydrogen-bond acceptors (Lipinski definition) is 2. The lowest BCUT2D eigenvalue weighted by Crippen LogP contribution is -2.43. The Labute approximate surface area is 221 Å². The zero-order valence-electron chi connectivity index (χ0n) is 23.0. The predicted octanol–water partition coefficient (Wildman–Crippen LogP) is 9.41. The molecule has 0 spiro atoms. The van der Waals surface area contributed by atoms with Crippen molar-refractivity contribution in [2.75, 3.05) is 0 Å². The van der Waals surface area contributed by atoms with Crippen LogP contribution in [-0.4, -0.2) is 18.2 Å². The molecule has 0 bridgehead atoms. The first-order valence-corrected chi connectivity index (χ1v) is 14.5. The molecule has 1 aromatic carbocycles. The van der Waals surface area contributed by atoms with E-state index in [1.54, 1.807) is 12.1 Å². The first-order valence-electron chi connectivity index (χ1n) is 14.5. The predicted molar refractivity (Wildman–Crippen MR) is 142 cm³/mol. The standard InChI is InChI=1S/C32H45F3O2/c1-21(2)29(37-30(36)24-8-6-5-7-9-24)15-10-22(3)27-13-14-28-26-12-11-23(16-19-32(33,34)35)20-25(26)17-18-31(27,28)4/h5-9,11,21-22,25-29H,10,12-20H2,1-4H3/t22-,25-,26-,27-,28+,29+,31-/m1/s1. The van der Waals surface area contributed by atoms with Crippen molar-refractivity contribution >= 4 is 5.97 Å². The number of esters is 1. The van der Waals surface area contributed by atoms with Crippen LogP contribution in [0.5, 0.6) is 0 Å². The van der Waals surface area contributed by atoms with E-state index in [1.807, 2.05) is 18.2 Å². The Hall–Kier alpha value is -1.78. The minimum absolute atomic E-state index is 0.0884. The summed E-state index contributed by atoms with van der Waals surface area (Å²) < 4.78 is 44.2. The number of alkyl halides is 3. The fourth-order valence-electron chi connectivity index (χ4n) is 8.12. The van der Waals surface area contributed by atoms with Crippen LogP contribution in [0.25, 0.3) is 0 Å². The lowest BCUT2D eigenvalue weighted by Gasteiger charge is -2.51. The van der Waals surface area contributed by atoms with Gasteiger partial charge in [0.2, 0.25) is 0 Å². The SMILES string of the molecule is CC(C)[C@H](CC[C@@H](C)[C@H]1CC[C@H]2[C@@H]3CC=C(CCC(F)(F)F)C[C@H]3CC[C@]12C)OC(=O)c1ccccc1. The number of benzene rings is 1. The minimum Gasteiger partial charge on any atom is -0.459 e. The molecule has 37 heavy (non-hydrogen) atoms. The Kier molecular flexibility index (Phi) is 8.80. The molecule has 0 amide bonds. The van der Waals surface area contributed by atoms with Gasteiger partial charge in [-0.25, -0.2) is 4.79 Å². The maximum Gasteiger partial charge on any atom is 0.389 e. The molecule has 0 radical (unpaired) electrons. The molecule has 1 aromatic rings. The highest BCUT2D eigenvalue weighted by molar-refractivity contribution is 5.89. The molecule has 0 heterocycles. The third-order valence-corrected chi connectivity index (χ3v) is 10.2. The van der Waals surface area contributed by atoms with Crippen LogP contribution in [0, 0.1) is 40.9 Å². The molecular formula is C32H45F3O2. The van der Waals surface area contributed by atoms with Gasteiger partial charge in [0, 0.05) is 6.42 Å². The van der Waals surface area contributed by atoms with E-state index in [0.29, 0.717) is 40.6 Å². The van der Waals surface area contributed by atoms with Crippen LogP contribution in [0.3, 0.4) is 0 Å². The molecule has 3 aliphatic rings. The Morgan fingerprint density at radius 1 is 1.08 bits per heavy atom. The Morgan fingerprint density at radius 2 is 1.81 bits per heavy atom. The number of allylic oxidation sites excluding steroid dienone is 2. The third-order valence-electron chi connectivity index (χ3n) is 10.2. The summed E-state index contributed by atoms with van der Waals surface area (Å²) in [5, 5.41) is 0. The van der Waals surface area contributed by atoms with Crippen molar-refractivity contribution < 1.29 is 22.7 Å². The van der Waals surface area contributed by atoms with Gasteiger partial charge in [-0.1, -0.05) is 57.5 Å². The van der Waals surface area contributed by atoms with Gasteiger partial charge in [0.05, 0.1) is 5.56 Å². The molecule has 7 atom stereocenters. The fraction of sp³-hybridized carbons (Fsp3) is 0.719. The van der Waals surface area contributed by atoms with Gasteiger partial charge < -0.3 is 4.74 Å². The van der Waals surface area contributed by atoms with Gasteiger partial charge >= 0.3 is 12.1 Å². The number of fused-ring (bicyclic) bond motifs is 3. The molecule has 0 aliphatic heterocycles. The van der Waals surface area contributed by atoms with Gasteiger partial charge in [-0.05, 0) is 111 Å². The Balaban J connectivity index is 1.34. The Morgan fingerprint density at radius 3 is 2.49 bits per heavy atom. The lowest BCUT2D eigenvalue weighted by molar-refractivity contribution is -0.134. The van der Waals surface area contributed by atoms with Crippen molar-refractivity contribution in [3.8, 4) is 0 Å². The summed E-state index contributed by atoms with van der Waals surface area (Å²) in [5.74, 6) is 3.11. The van der Waals surface area contributed by atoms with E-state index in [-0.39, 0.29) is 24.4 Å². The van der Waals surface area contributed by atoms with E-state index in [9.17, 15) is 18.0 Å². The number of hydrogen-bond donors (Lipinski definition) is 0. The highest BCUT2D eigenvalue weighted by Crippen LogP contribution is 2.63. The summed E-state index contributed by atoms with van der Waals surface area (Å²) in [6, 6.07) is 9.23. The third kappa shape index (κ3) is 6.63. The number of ether oxygens (including phenoxy) is 1. The van der Waals surface area contributed by atoms with E-state index in [4.69, 9.17) is 4.74 Å². The van der Waals surface area contributed by atoms with Crippen molar-refractivity contribution in [2.45, 2.75) is 104 Å². The molecule has 0 unspecified atom stereocenters. The summed E-state index contributed by atoms with van der Waals surface area (Å²) in [6.45, 7) is 9.14. The first kappa shape index (κ1) is 28.2. The minimum atomic E-state index is -4.06. The quantitative estimate of drug-likeness (QED) is 0.240. The first-order chi connectivity index (χ1) is 17.5. The van der Waals surface area contributed by atoms with Crippen molar-refractivity contribution in [1.82, 2.24) is 0 Å². The van der Waals surface area contributed by atoms with Gasteiger partial charge in [0.15, 0.2) is 0 Å². The van der Waals surface area contributed by atoms with Gasteiger partial charge in [0.1, 0.15) is 6.10 Å². The van der Waals surface area contributed by atoms with E-state index < -0.39 is 12.6 Å². The summed E-state index contributed by atoms with van der Waals surface area (Å²) in [5.41, 5.74) is 1.95. The van der Waals surface area contributed by atoms with Crippen LogP contribution >= 0.6 is 0 Å². The molecule has 2 nitrogen and oxygen atoms in total. The molecule has 4 rings (SSSR count). The van der Waals surface area contributed by atoms with Crippen LogP contribution < -0.4 is 0 Å². The normalized spacial score (nSPS) is 31.3. The number of carbonyl (C=O) groups excluding carboxylic acids is 1. The van der Waals surface area contributed by atoms with Crippen molar-refractivity contribution in [3.05, 3.63) is 47.5 Å². The monoisotopic (exact) mass is 518 g/mol. The van der Waals surface area contributed by atoms with Crippen LogP contribution in [0.1, 0.15) is 102 Å². The smallest absolute Gasteiger partial charge is 0.389 e. The largest absolute Gasteiger partial charge is 0.459 e. The van der Waals surface area contributed by atoms with Crippen LogP contribution in [0.15, 0.2) is 42.0 Å². The molecule has 2 saturated carbocycles. The maximum absolute atomic E-state index is 12.7. The summed E-state index contributed by atoms with van der Waals surface area (Å²) in [4.78, 5) is 12.7. The number of carbonyl (C=O) groups is 1. The number of halogens is 3. The summed E-state index contributed by atoms with van der Waals surface area (Å²) in [6.07, 6.45) is 6.09.